The molecule has 2 aromatic rings. The lowest BCUT2D eigenvalue weighted by Crippen LogP contribution is -2.06. The number of aromatic carboxylic acids is 1. The van der Waals surface area contributed by atoms with E-state index in [0.717, 1.165) is 0 Å². The quantitative estimate of drug-likeness (QED) is 0.875. The Hall–Kier alpha value is -2.82. The molecule has 0 aliphatic heterocycles. The Morgan fingerprint density at radius 1 is 0.952 bits per heavy atom. The van der Waals surface area contributed by atoms with Crippen molar-refractivity contribution in [3.63, 3.8) is 0 Å². The van der Waals surface area contributed by atoms with Crippen LogP contribution in [0.2, 0.25) is 0 Å². The summed E-state index contributed by atoms with van der Waals surface area (Å²) in [5, 5.41) is 9.32. The van der Waals surface area contributed by atoms with Crippen LogP contribution in [0.4, 0.5) is 0 Å². The molecule has 1 N–H and O–H groups in total. The van der Waals surface area contributed by atoms with Gasteiger partial charge in [-0.1, -0.05) is 18.2 Å². The molecule has 0 aliphatic rings. The van der Waals surface area contributed by atoms with Crippen molar-refractivity contribution in [1.82, 2.24) is 0 Å². The third kappa shape index (κ3) is 2.86. The fourth-order valence-corrected chi connectivity index (χ4v) is 2.07. The van der Waals surface area contributed by atoms with Crippen molar-refractivity contribution >= 4 is 11.9 Å². The Morgan fingerprint density at radius 2 is 1.67 bits per heavy atom. The molecule has 0 spiro atoms. The lowest BCUT2D eigenvalue weighted by atomic mass is 9.95. The molecule has 0 unspecified atom stereocenters. The van der Waals surface area contributed by atoms with E-state index in [0.29, 0.717) is 22.4 Å². The van der Waals surface area contributed by atoms with Crippen LogP contribution in [0.15, 0.2) is 42.5 Å². The molecule has 0 atom stereocenters. The maximum Gasteiger partial charge on any atom is 0.338 e. The average molecular weight is 286 g/mol. The number of carbonyl (C=O) groups is 2. The normalized spacial score (nSPS) is 10.0. The van der Waals surface area contributed by atoms with Crippen LogP contribution in [0.5, 0.6) is 5.75 Å². The first-order chi connectivity index (χ1) is 10.1. The molecule has 21 heavy (non-hydrogen) atoms. The van der Waals surface area contributed by atoms with Crippen LogP contribution in [0.25, 0.3) is 11.1 Å². The molecule has 0 saturated heterocycles. The number of methoxy groups -OCH3 is 2. The van der Waals surface area contributed by atoms with Gasteiger partial charge in [0.1, 0.15) is 5.75 Å². The second-order valence-corrected chi connectivity index (χ2v) is 4.25. The van der Waals surface area contributed by atoms with Gasteiger partial charge in [0.15, 0.2) is 0 Å². The minimum Gasteiger partial charge on any atom is -0.497 e. The molecule has 0 aliphatic carbocycles. The molecule has 0 fully saturated rings. The zero-order valence-electron chi connectivity index (χ0n) is 11.6. The third-order valence-corrected chi connectivity index (χ3v) is 3.08. The van der Waals surface area contributed by atoms with Gasteiger partial charge in [0.2, 0.25) is 0 Å². The predicted octanol–water partition coefficient (Wildman–Crippen LogP) is 2.85. The van der Waals surface area contributed by atoms with Crippen molar-refractivity contribution in [3.05, 3.63) is 53.6 Å². The van der Waals surface area contributed by atoms with Crippen LogP contribution in [-0.2, 0) is 4.74 Å². The molecule has 0 amide bonds. The van der Waals surface area contributed by atoms with Crippen molar-refractivity contribution in [1.29, 1.82) is 0 Å². The molecular formula is C16H14O5. The van der Waals surface area contributed by atoms with Crippen LogP contribution in [0.3, 0.4) is 0 Å². The topological polar surface area (TPSA) is 72.8 Å². The van der Waals surface area contributed by atoms with E-state index in [-0.39, 0.29) is 5.56 Å². The average Bonchev–Trinajstić information content (AvgIpc) is 2.53. The summed E-state index contributed by atoms with van der Waals surface area (Å²) in [7, 11) is 2.77. The predicted molar refractivity (Wildman–Crippen MR) is 76.7 cm³/mol. The molecule has 108 valence electrons. The fraction of sp³-hybridized carbons (Fsp3) is 0.125. The number of carboxylic acids is 1. The first-order valence-corrected chi connectivity index (χ1v) is 6.17. The lowest BCUT2D eigenvalue weighted by Gasteiger charge is -2.12. The molecule has 0 bridgehead atoms. The van der Waals surface area contributed by atoms with Crippen molar-refractivity contribution in [2.24, 2.45) is 0 Å². The van der Waals surface area contributed by atoms with Crippen molar-refractivity contribution in [2.75, 3.05) is 14.2 Å². The van der Waals surface area contributed by atoms with Crippen LogP contribution >= 0.6 is 0 Å². The number of ether oxygens (including phenoxy) is 2. The number of carboxylic acid groups (broad SMARTS) is 1. The zero-order chi connectivity index (χ0) is 15.4. The Morgan fingerprint density at radius 3 is 2.29 bits per heavy atom. The standard InChI is InChI=1S/C16H14O5/c1-20-10-7-8-12(15(17)18)14(9-10)11-5-3-4-6-13(11)16(19)21-2/h3-9H,1-2H3,(H,17,18). The second-order valence-electron chi connectivity index (χ2n) is 4.25. The van der Waals surface area contributed by atoms with Crippen LogP contribution in [0, 0.1) is 0 Å². The monoisotopic (exact) mass is 286 g/mol. The number of hydrogen-bond donors (Lipinski definition) is 1. The van der Waals surface area contributed by atoms with Gasteiger partial charge in [-0.25, -0.2) is 9.59 Å². The minimum absolute atomic E-state index is 0.0900. The maximum absolute atomic E-state index is 11.8. The SMILES string of the molecule is COC(=O)c1ccccc1-c1cc(OC)ccc1C(=O)O. The van der Waals surface area contributed by atoms with Gasteiger partial charge in [0.25, 0.3) is 0 Å². The fourth-order valence-electron chi connectivity index (χ4n) is 2.07. The van der Waals surface area contributed by atoms with Crippen molar-refractivity contribution < 1.29 is 24.2 Å². The summed E-state index contributed by atoms with van der Waals surface area (Å²) in [4.78, 5) is 23.2. The molecule has 0 radical (unpaired) electrons. The lowest BCUT2D eigenvalue weighted by molar-refractivity contribution is 0.0600. The highest BCUT2D eigenvalue weighted by Crippen LogP contribution is 2.31. The number of esters is 1. The Balaban J connectivity index is 2.71. The first-order valence-electron chi connectivity index (χ1n) is 6.17. The van der Waals surface area contributed by atoms with Gasteiger partial charge in [0.05, 0.1) is 25.3 Å². The van der Waals surface area contributed by atoms with E-state index in [1.54, 1.807) is 36.4 Å². The summed E-state index contributed by atoms with van der Waals surface area (Å²) >= 11 is 0. The van der Waals surface area contributed by atoms with Crippen LogP contribution in [0.1, 0.15) is 20.7 Å². The third-order valence-electron chi connectivity index (χ3n) is 3.08. The smallest absolute Gasteiger partial charge is 0.338 e. The van der Waals surface area contributed by atoms with E-state index in [2.05, 4.69) is 0 Å². The van der Waals surface area contributed by atoms with E-state index in [1.807, 2.05) is 0 Å². The number of rotatable bonds is 4. The Labute approximate surface area is 121 Å². The van der Waals surface area contributed by atoms with Crippen molar-refractivity contribution in [2.45, 2.75) is 0 Å². The summed E-state index contributed by atoms with van der Waals surface area (Å²) in [5.41, 5.74) is 1.28. The van der Waals surface area contributed by atoms with Gasteiger partial charge in [-0.15, -0.1) is 0 Å². The maximum atomic E-state index is 11.8. The number of carbonyl (C=O) groups excluding carboxylic acids is 1. The zero-order valence-corrected chi connectivity index (χ0v) is 11.6. The molecule has 2 aromatic carbocycles. The van der Waals surface area contributed by atoms with Gasteiger partial charge in [-0.2, -0.15) is 0 Å². The van der Waals surface area contributed by atoms with Gasteiger partial charge in [-0.3, -0.25) is 0 Å². The summed E-state index contributed by atoms with van der Waals surface area (Å²) in [6.07, 6.45) is 0. The Kier molecular flexibility index (Phi) is 4.23. The molecule has 5 heteroatoms. The van der Waals surface area contributed by atoms with Crippen LogP contribution in [-0.4, -0.2) is 31.3 Å². The van der Waals surface area contributed by atoms with Crippen molar-refractivity contribution in [3.8, 4) is 16.9 Å². The van der Waals surface area contributed by atoms with E-state index >= 15 is 0 Å². The van der Waals surface area contributed by atoms with Gasteiger partial charge >= 0.3 is 11.9 Å². The van der Waals surface area contributed by atoms with Gasteiger partial charge < -0.3 is 14.6 Å². The molecule has 2 rings (SSSR count). The summed E-state index contributed by atoms with van der Waals surface area (Å²) in [6.45, 7) is 0. The second kappa shape index (κ2) is 6.09. The largest absolute Gasteiger partial charge is 0.497 e. The minimum atomic E-state index is -1.08. The highest BCUT2D eigenvalue weighted by Gasteiger charge is 2.18. The van der Waals surface area contributed by atoms with E-state index < -0.39 is 11.9 Å². The van der Waals surface area contributed by atoms with E-state index in [9.17, 15) is 14.7 Å². The molecule has 0 heterocycles. The summed E-state index contributed by atoms with van der Waals surface area (Å²) < 4.78 is 9.87. The van der Waals surface area contributed by atoms with Gasteiger partial charge in [-0.05, 0) is 29.8 Å². The first kappa shape index (κ1) is 14.6. The van der Waals surface area contributed by atoms with E-state index in [4.69, 9.17) is 9.47 Å². The number of hydrogen-bond acceptors (Lipinski definition) is 4. The highest BCUT2D eigenvalue weighted by molar-refractivity contribution is 6.02. The van der Waals surface area contributed by atoms with Crippen LogP contribution < -0.4 is 4.74 Å². The molecule has 0 saturated carbocycles. The summed E-state index contributed by atoms with van der Waals surface area (Å²) in [6, 6.07) is 11.3. The highest BCUT2D eigenvalue weighted by atomic mass is 16.5. The number of benzene rings is 2. The molecular weight excluding hydrogens is 272 g/mol. The molecule has 0 aromatic heterocycles. The van der Waals surface area contributed by atoms with Gasteiger partial charge in [0, 0.05) is 5.56 Å². The Bertz CT molecular complexity index is 691. The van der Waals surface area contributed by atoms with E-state index in [1.165, 1.54) is 20.3 Å². The molecule has 5 nitrogen and oxygen atoms in total. The summed E-state index contributed by atoms with van der Waals surface area (Å²) in [5.74, 6) is -1.09.